The predicted octanol–water partition coefficient (Wildman–Crippen LogP) is -0.872. The molecule has 0 spiro atoms. The second kappa shape index (κ2) is 4.54. The normalized spacial score (nSPS) is 18.2. The van der Waals surface area contributed by atoms with E-state index in [0.717, 1.165) is 7.11 Å². The molecule has 8 heteroatoms. The molecule has 0 aliphatic carbocycles. The smallest absolute Gasteiger partial charge is 0.402 e. The third-order valence-corrected chi connectivity index (χ3v) is 2.02. The molecule has 0 aliphatic heterocycles. The van der Waals surface area contributed by atoms with Gasteiger partial charge in [0.15, 0.2) is 0 Å². The Balaban J connectivity index is 3.83. The Hall–Kier alpha value is -0.460. The van der Waals surface area contributed by atoms with Gasteiger partial charge >= 0.3 is 13.7 Å². The van der Waals surface area contributed by atoms with E-state index in [1.54, 1.807) is 0 Å². The van der Waals surface area contributed by atoms with Crippen LogP contribution in [0.5, 0.6) is 0 Å². The molecular formula is C4H11N2O5P. The molecule has 0 rings (SSSR count). The summed E-state index contributed by atoms with van der Waals surface area (Å²) in [5.41, 5.74) is 9.95. The molecule has 0 heterocycles. The quantitative estimate of drug-likeness (QED) is 0.490. The molecule has 0 aromatic heterocycles. The molecule has 0 amide bonds. The molecule has 0 radical (unpaired) electrons. The first-order valence-electron chi connectivity index (χ1n) is 2.96. The van der Waals surface area contributed by atoms with Crippen LogP contribution in [0.4, 0.5) is 0 Å². The van der Waals surface area contributed by atoms with Crippen molar-refractivity contribution >= 4 is 13.7 Å². The average molecular weight is 198 g/mol. The molecule has 5 N–H and O–H groups in total. The molecule has 0 aromatic carbocycles. The van der Waals surface area contributed by atoms with Crippen molar-refractivity contribution in [3.8, 4) is 0 Å². The van der Waals surface area contributed by atoms with Crippen LogP contribution >= 0.6 is 7.75 Å². The van der Waals surface area contributed by atoms with Crippen molar-refractivity contribution < 1.29 is 23.5 Å². The van der Waals surface area contributed by atoms with Crippen LogP contribution in [0.15, 0.2) is 0 Å². The minimum Gasteiger partial charge on any atom is -0.480 e. The van der Waals surface area contributed by atoms with Crippen molar-refractivity contribution in [1.29, 1.82) is 0 Å². The summed E-state index contributed by atoms with van der Waals surface area (Å²) in [5, 5.41) is 8.28. The summed E-state index contributed by atoms with van der Waals surface area (Å²) in [6, 6.07) is -1.25. The van der Waals surface area contributed by atoms with E-state index in [1.807, 2.05) is 0 Å². The van der Waals surface area contributed by atoms with Crippen LogP contribution < -0.4 is 11.2 Å². The summed E-state index contributed by atoms with van der Waals surface area (Å²) in [6.07, 6.45) is 0. The lowest BCUT2D eigenvalue weighted by molar-refractivity contribution is -0.139. The van der Waals surface area contributed by atoms with E-state index in [1.165, 1.54) is 0 Å². The van der Waals surface area contributed by atoms with Gasteiger partial charge in [-0.2, -0.15) is 0 Å². The first-order chi connectivity index (χ1) is 5.39. The van der Waals surface area contributed by atoms with Gasteiger partial charge in [0.25, 0.3) is 0 Å². The number of carboxylic acid groups (broad SMARTS) is 1. The van der Waals surface area contributed by atoms with Gasteiger partial charge in [-0.05, 0) is 0 Å². The Bertz CT molecular complexity index is 208. The van der Waals surface area contributed by atoms with Crippen molar-refractivity contribution in [2.75, 3.05) is 13.7 Å². The van der Waals surface area contributed by atoms with Crippen LogP contribution in [-0.2, 0) is 18.4 Å². The zero-order chi connectivity index (χ0) is 9.78. The highest BCUT2D eigenvalue weighted by molar-refractivity contribution is 7.51. The number of rotatable bonds is 5. The predicted molar refractivity (Wildman–Crippen MR) is 40.4 cm³/mol. The van der Waals surface area contributed by atoms with Crippen LogP contribution in [0.2, 0.25) is 0 Å². The van der Waals surface area contributed by atoms with E-state index in [4.69, 9.17) is 16.3 Å². The van der Waals surface area contributed by atoms with Gasteiger partial charge in [0, 0.05) is 7.11 Å². The Morgan fingerprint density at radius 1 is 1.75 bits per heavy atom. The van der Waals surface area contributed by atoms with Crippen molar-refractivity contribution in [2.24, 2.45) is 11.2 Å². The van der Waals surface area contributed by atoms with Crippen LogP contribution in [-0.4, -0.2) is 30.8 Å². The van der Waals surface area contributed by atoms with Crippen molar-refractivity contribution in [1.82, 2.24) is 0 Å². The van der Waals surface area contributed by atoms with Gasteiger partial charge in [0.05, 0.1) is 6.61 Å². The van der Waals surface area contributed by atoms with Gasteiger partial charge in [-0.15, -0.1) is 0 Å². The maximum absolute atomic E-state index is 10.8. The molecule has 12 heavy (non-hydrogen) atoms. The van der Waals surface area contributed by atoms with Gasteiger partial charge in [-0.1, -0.05) is 0 Å². The second-order valence-electron chi connectivity index (χ2n) is 1.96. The molecule has 72 valence electrons. The van der Waals surface area contributed by atoms with E-state index in [9.17, 15) is 9.36 Å². The highest BCUT2D eigenvalue weighted by Gasteiger charge is 2.20. The fourth-order valence-corrected chi connectivity index (χ4v) is 0.782. The zero-order valence-corrected chi connectivity index (χ0v) is 7.36. The monoisotopic (exact) mass is 198 g/mol. The lowest BCUT2D eigenvalue weighted by Gasteiger charge is -2.12. The molecule has 0 saturated heterocycles. The highest BCUT2D eigenvalue weighted by Crippen LogP contribution is 2.37. The van der Waals surface area contributed by atoms with Crippen molar-refractivity contribution in [3.63, 3.8) is 0 Å². The second-order valence-corrected chi connectivity index (χ2v) is 3.67. The molecule has 0 unspecified atom stereocenters. The maximum Gasteiger partial charge on any atom is 0.402 e. The summed E-state index contributed by atoms with van der Waals surface area (Å²) in [4.78, 5) is 10.1. The van der Waals surface area contributed by atoms with Crippen LogP contribution in [0.25, 0.3) is 0 Å². The molecule has 0 bridgehead atoms. The fourth-order valence-electron chi connectivity index (χ4n) is 0.308. The van der Waals surface area contributed by atoms with Crippen LogP contribution in [0.1, 0.15) is 0 Å². The Kier molecular flexibility index (Phi) is 4.36. The van der Waals surface area contributed by atoms with Gasteiger partial charge in [-0.25, -0.2) is 10.1 Å². The molecule has 0 aromatic rings. The largest absolute Gasteiger partial charge is 0.480 e. The summed E-state index contributed by atoms with van der Waals surface area (Å²) in [6.45, 7) is -0.447. The SMILES string of the molecule is CO[P@](N)(=O)OC[C@H](N)C(=O)O. The molecule has 7 nitrogen and oxygen atoms in total. The number of carboxylic acids is 1. The van der Waals surface area contributed by atoms with E-state index >= 15 is 0 Å². The number of hydrogen-bond donors (Lipinski definition) is 3. The average Bonchev–Trinajstić information content (AvgIpc) is 2.00. The minimum absolute atomic E-state index is 0.447. The van der Waals surface area contributed by atoms with Crippen molar-refractivity contribution in [2.45, 2.75) is 6.04 Å². The zero-order valence-electron chi connectivity index (χ0n) is 6.47. The lowest BCUT2D eigenvalue weighted by Crippen LogP contribution is -2.34. The number of aliphatic carboxylic acids is 1. The van der Waals surface area contributed by atoms with E-state index < -0.39 is 26.4 Å². The summed E-state index contributed by atoms with van der Waals surface area (Å²) in [7, 11) is -2.52. The van der Waals surface area contributed by atoms with Crippen LogP contribution in [0, 0.1) is 0 Å². The number of carbonyl (C=O) groups is 1. The molecular weight excluding hydrogens is 187 g/mol. The van der Waals surface area contributed by atoms with Gasteiger partial charge in [0.2, 0.25) is 0 Å². The lowest BCUT2D eigenvalue weighted by atomic mass is 10.3. The Morgan fingerprint density at radius 2 is 2.25 bits per heavy atom. The Morgan fingerprint density at radius 3 is 2.58 bits per heavy atom. The number of nitrogens with two attached hydrogens (primary N) is 2. The van der Waals surface area contributed by atoms with Gasteiger partial charge in [-0.3, -0.25) is 9.32 Å². The standard InChI is InChI=1S/C4H11N2O5P/c1-10-12(6,9)11-2-3(5)4(7)8/h3H,2,5H2,1H3,(H2,6,9)(H,7,8)/t3-,12-/m0/s1. The third kappa shape index (κ3) is 4.42. The number of hydrogen-bond acceptors (Lipinski definition) is 5. The first kappa shape index (κ1) is 11.5. The van der Waals surface area contributed by atoms with E-state index in [-0.39, 0.29) is 0 Å². The fraction of sp³-hybridized carbons (Fsp3) is 0.750. The van der Waals surface area contributed by atoms with E-state index in [2.05, 4.69) is 9.05 Å². The topological polar surface area (TPSA) is 125 Å². The molecule has 0 saturated carbocycles. The minimum atomic E-state index is -3.61. The third-order valence-electron chi connectivity index (χ3n) is 1.01. The molecule has 0 aliphatic rings. The van der Waals surface area contributed by atoms with Gasteiger partial charge < -0.3 is 15.4 Å². The summed E-state index contributed by atoms with van der Waals surface area (Å²) < 4.78 is 19.4. The highest BCUT2D eigenvalue weighted by atomic mass is 31.2. The molecule has 0 fully saturated rings. The first-order valence-corrected chi connectivity index (χ1v) is 4.57. The molecule has 2 atom stereocenters. The van der Waals surface area contributed by atoms with E-state index in [0.29, 0.717) is 0 Å². The maximum atomic E-state index is 10.8. The van der Waals surface area contributed by atoms with Crippen LogP contribution in [0.3, 0.4) is 0 Å². The van der Waals surface area contributed by atoms with Gasteiger partial charge in [0.1, 0.15) is 6.04 Å². The Labute approximate surface area is 69.2 Å². The summed E-state index contributed by atoms with van der Waals surface area (Å²) in [5.74, 6) is -1.26. The van der Waals surface area contributed by atoms with Crippen molar-refractivity contribution in [3.05, 3.63) is 0 Å². The summed E-state index contributed by atoms with van der Waals surface area (Å²) >= 11 is 0.